The molecule has 0 nitrogen and oxygen atoms in total. The van der Waals surface area contributed by atoms with Crippen LogP contribution in [-0.4, -0.2) is 8.07 Å². The van der Waals surface area contributed by atoms with Gasteiger partial charge in [-0.15, -0.1) is 8.07 Å². The smallest absolute Gasteiger partial charge is 0.501 e. The third kappa shape index (κ3) is 20.8. The van der Waals surface area contributed by atoms with E-state index in [1.54, 1.807) is 0 Å². The predicted molar refractivity (Wildman–Crippen MR) is 103 cm³/mol. The molecule has 0 heterocycles. The third-order valence-electron chi connectivity index (χ3n) is 2.80. The van der Waals surface area contributed by atoms with Gasteiger partial charge in [0.15, 0.2) is 0 Å². The predicted octanol–water partition coefficient (Wildman–Crippen LogP) is 6.05. The summed E-state index contributed by atoms with van der Waals surface area (Å²) >= 11 is 0. The van der Waals surface area contributed by atoms with Crippen molar-refractivity contribution in [3.05, 3.63) is 82.4 Å². The molecule has 0 unspecified atom stereocenters. The summed E-state index contributed by atoms with van der Waals surface area (Å²) in [7, 11) is -1.12. The van der Waals surface area contributed by atoms with E-state index < -0.39 is 8.07 Å². The van der Waals surface area contributed by atoms with E-state index in [-0.39, 0.29) is 26.2 Å². The Morgan fingerprint density at radius 1 is 0.826 bits per heavy atom. The summed E-state index contributed by atoms with van der Waals surface area (Å²) in [5, 5.41) is 0. The molecule has 23 heavy (non-hydrogen) atoms. The summed E-state index contributed by atoms with van der Waals surface area (Å²) in [6.07, 6.45) is 24.7. The van der Waals surface area contributed by atoms with E-state index in [4.69, 9.17) is 0 Å². The fourth-order valence-electron chi connectivity index (χ4n) is 1.81. The topological polar surface area (TPSA) is 0 Å². The molecule has 2 fully saturated rings. The monoisotopic (exact) mass is 402 g/mol. The van der Waals surface area contributed by atoms with Crippen molar-refractivity contribution in [2.45, 2.75) is 52.2 Å². The Bertz CT molecular complexity index is 232. The van der Waals surface area contributed by atoms with Crippen molar-refractivity contribution in [2.75, 3.05) is 0 Å². The Morgan fingerprint density at radius 3 is 1.39 bits per heavy atom. The maximum atomic E-state index is 3.95. The van der Waals surface area contributed by atoms with Crippen LogP contribution >= 0.6 is 0 Å². The van der Waals surface area contributed by atoms with Gasteiger partial charge < -0.3 is 12.6 Å². The minimum Gasteiger partial charge on any atom is -0.501 e. The largest absolute Gasteiger partial charge is 4.00 e. The molecule has 2 aliphatic rings. The Labute approximate surface area is 168 Å². The Kier molecular flexibility index (Phi) is 20.0. The van der Waals surface area contributed by atoms with Crippen molar-refractivity contribution in [2.24, 2.45) is 0 Å². The van der Waals surface area contributed by atoms with Crippen molar-refractivity contribution < 1.29 is 26.2 Å². The number of hydrogen-bond donors (Lipinski definition) is 0. The molecule has 0 aromatic heterocycles. The van der Waals surface area contributed by atoms with Gasteiger partial charge in [0.25, 0.3) is 0 Å². The van der Waals surface area contributed by atoms with Crippen LogP contribution < -0.4 is 0 Å². The second kappa shape index (κ2) is 17.7. The van der Waals surface area contributed by atoms with Crippen molar-refractivity contribution in [3.8, 4) is 0 Å². The van der Waals surface area contributed by atoms with E-state index >= 15 is 0 Å². The molecule has 2 rings (SSSR count). The molecular formula is C21H32SiZr+2. The first-order valence-corrected chi connectivity index (χ1v) is 11.7. The van der Waals surface area contributed by atoms with Crippen LogP contribution in [0.5, 0.6) is 0 Å². The number of rotatable bonds is 5. The van der Waals surface area contributed by atoms with E-state index in [0.717, 1.165) is 6.42 Å². The van der Waals surface area contributed by atoms with Gasteiger partial charge >= 0.3 is 26.2 Å². The van der Waals surface area contributed by atoms with Crippen LogP contribution in [0, 0.1) is 76.8 Å². The van der Waals surface area contributed by atoms with Crippen LogP contribution in [0.4, 0.5) is 0 Å². The van der Waals surface area contributed by atoms with Gasteiger partial charge in [-0.1, -0.05) is 45.8 Å². The van der Waals surface area contributed by atoms with Crippen molar-refractivity contribution >= 4 is 8.07 Å². The second-order valence-electron chi connectivity index (χ2n) is 6.26. The van der Waals surface area contributed by atoms with Crippen LogP contribution in [0.1, 0.15) is 32.6 Å². The van der Waals surface area contributed by atoms with Gasteiger partial charge in [-0.05, 0) is 64.2 Å². The fraction of sp³-hybridized carbons (Fsp3) is 0.381. The van der Waals surface area contributed by atoms with Gasteiger partial charge in [-0.2, -0.15) is 6.42 Å². The molecule has 0 spiro atoms. The number of allylic oxidation sites excluding steroid dienone is 1. The van der Waals surface area contributed by atoms with Crippen LogP contribution in [0.15, 0.2) is 5.57 Å². The molecule has 2 heteroatoms. The summed E-state index contributed by atoms with van der Waals surface area (Å²) < 4.78 is 0. The zero-order valence-electron chi connectivity index (χ0n) is 15.3. The number of hydrogen-bond acceptors (Lipinski definition) is 0. The normalized spacial score (nSPS) is 17.5. The van der Waals surface area contributed by atoms with E-state index in [1.807, 2.05) is 64.2 Å². The van der Waals surface area contributed by atoms with Crippen LogP contribution in [0.2, 0.25) is 19.6 Å². The summed E-state index contributed by atoms with van der Waals surface area (Å²) in [6, 6.07) is 0. The molecule has 0 atom stereocenters. The van der Waals surface area contributed by atoms with Crippen molar-refractivity contribution in [1.82, 2.24) is 0 Å². The quantitative estimate of drug-likeness (QED) is 0.387. The molecule has 2 saturated carbocycles. The van der Waals surface area contributed by atoms with Crippen LogP contribution in [-0.2, 0) is 26.2 Å². The maximum absolute atomic E-state index is 3.95. The molecule has 10 radical (unpaired) electrons. The van der Waals surface area contributed by atoms with Crippen LogP contribution in [0.3, 0.4) is 0 Å². The SMILES string of the molecule is [CH2-]CC(=[C-][Si](C)(C)C)CCCC.[CH]1[CH][CH][CH][CH]1.[CH]1[CH][CH][CH][CH]1.[Zr+4]. The summed E-state index contributed by atoms with van der Waals surface area (Å²) in [6.45, 7) is 13.2. The molecule has 0 aromatic rings. The molecule has 0 aliphatic heterocycles. The molecule has 0 aromatic carbocycles. The minimum absolute atomic E-state index is 0. The van der Waals surface area contributed by atoms with Crippen LogP contribution in [0.25, 0.3) is 0 Å². The molecule has 0 bridgehead atoms. The zero-order valence-corrected chi connectivity index (χ0v) is 18.8. The van der Waals surface area contributed by atoms with Crippen molar-refractivity contribution in [3.63, 3.8) is 0 Å². The first kappa shape index (κ1) is 26.1. The number of unbranched alkanes of at least 4 members (excludes halogenated alkanes) is 1. The third-order valence-corrected chi connectivity index (χ3v) is 3.90. The molecule has 2 aliphatic carbocycles. The average molecular weight is 404 g/mol. The fourth-order valence-corrected chi connectivity index (χ4v) is 3.12. The van der Waals surface area contributed by atoms with E-state index in [1.165, 1.54) is 24.8 Å². The molecule has 0 N–H and O–H groups in total. The standard InChI is InChI=1S/C11H22Si.2C5H5.Zr/c1-6-8-9-11(7-2)10-12(3,4)5;2*1-2-4-5-3-1;/h2,6-9H2,1,3-5H3;2*1-5H;/q-2;;;+4. The van der Waals surface area contributed by atoms with Gasteiger partial charge in [0, 0.05) is 0 Å². The van der Waals surface area contributed by atoms with E-state index in [2.05, 4.69) is 39.2 Å². The summed E-state index contributed by atoms with van der Waals surface area (Å²) in [5.41, 5.74) is 5.09. The van der Waals surface area contributed by atoms with Gasteiger partial charge in [-0.25, -0.2) is 0 Å². The first-order chi connectivity index (χ1) is 10.5. The van der Waals surface area contributed by atoms with E-state index in [9.17, 15) is 0 Å². The molecule has 0 saturated heterocycles. The van der Waals surface area contributed by atoms with Crippen molar-refractivity contribution in [1.29, 1.82) is 0 Å². The maximum Gasteiger partial charge on any atom is 4.00 e. The van der Waals surface area contributed by atoms with Gasteiger partial charge in [-0.3, -0.25) is 5.57 Å². The molecular weight excluding hydrogens is 372 g/mol. The van der Waals surface area contributed by atoms with Gasteiger partial charge in [0.2, 0.25) is 0 Å². The zero-order chi connectivity index (χ0) is 16.7. The molecule has 122 valence electrons. The second-order valence-corrected chi connectivity index (χ2v) is 11.0. The Hall–Kier alpha value is 0.840. The van der Waals surface area contributed by atoms with E-state index in [0.29, 0.717) is 0 Å². The van der Waals surface area contributed by atoms with Gasteiger partial charge in [0.05, 0.1) is 0 Å². The average Bonchev–Trinajstić information content (AvgIpc) is 3.19. The Morgan fingerprint density at radius 2 is 1.17 bits per heavy atom. The summed E-state index contributed by atoms with van der Waals surface area (Å²) in [5.74, 6) is 0. The van der Waals surface area contributed by atoms with Gasteiger partial charge in [0.1, 0.15) is 0 Å². The molecule has 0 amide bonds. The Balaban J connectivity index is 0. The first-order valence-electron chi connectivity index (χ1n) is 8.25. The summed E-state index contributed by atoms with van der Waals surface area (Å²) in [4.78, 5) is 0. The minimum atomic E-state index is -1.12.